The molecule has 2 heterocycles. The van der Waals surface area contributed by atoms with Gasteiger partial charge < -0.3 is 4.74 Å². The Morgan fingerprint density at radius 1 is 1.71 bits per heavy atom. The van der Waals surface area contributed by atoms with Gasteiger partial charge in [-0.1, -0.05) is 6.07 Å². The summed E-state index contributed by atoms with van der Waals surface area (Å²) in [5, 5.41) is 10.8. The van der Waals surface area contributed by atoms with Crippen molar-refractivity contribution in [2.24, 2.45) is 0 Å². The number of thiophene rings is 1. The van der Waals surface area contributed by atoms with Crippen LogP contribution in [0.3, 0.4) is 0 Å². The minimum atomic E-state index is -0.247. The minimum Gasteiger partial charge on any atom is -0.361 e. The van der Waals surface area contributed by atoms with E-state index in [1.54, 1.807) is 11.3 Å². The summed E-state index contributed by atoms with van der Waals surface area (Å²) in [6, 6.07) is 6.34. The quantitative estimate of drug-likeness (QED) is 0.738. The number of nitrogens with zero attached hydrogens (tertiary/aromatic N) is 2. The highest BCUT2D eigenvalue weighted by Crippen LogP contribution is 2.14. The van der Waals surface area contributed by atoms with Gasteiger partial charge in [0.15, 0.2) is 6.10 Å². The van der Waals surface area contributed by atoms with Crippen molar-refractivity contribution in [2.45, 2.75) is 12.6 Å². The average molecular weight is 208 g/mol. The molecule has 4 heteroatoms. The largest absolute Gasteiger partial charge is 0.361 e. The fourth-order valence-corrected chi connectivity index (χ4v) is 2.29. The Hall–Kier alpha value is -0.890. The molecule has 1 aliphatic heterocycles. The molecule has 0 aromatic carbocycles. The number of rotatable bonds is 2. The van der Waals surface area contributed by atoms with E-state index in [0.717, 1.165) is 19.6 Å². The Morgan fingerprint density at radius 2 is 2.64 bits per heavy atom. The molecule has 0 radical (unpaired) electrons. The van der Waals surface area contributed by atoms with Crippen molar-refractivity contribution in [1.29, 1.82) is 5.26 Å². The van der Waals surface area contributed by atoms with Crippen LogP contribution in [0.5, 0.6) is 0 Å². The molecule has 0 bridgehead atoms. The van der Waals surface area contributed by atoms with Crippen molar-refractivity contribution in [2.75, 3.05) is 19.7 Å². The van der Waals surface area contributed by atoms with Gasteiger partial charge in [0.05, 0.1) is 12.7 Å². The topological polar surface area (TPSA) is 36.3 Å². The first-order valence-corrected chi connectivity index (χ1v) is 5.52. The van der Waals surface area contributed by atoms with Gasteiger partial charge in [-0.05, 0) is 11.4 Å². The predicted molar refractivity (Wildman–Crippen MR) is 54.9 cm³/mol. The number of morpholine rings is 1. The molecule has 1 aromatic heterocycles. The van der Waals surface area contributed by atoms with Crippen LogP contribution in [0.1, 0.15) is 4.88 Å². The van der Waals surface area contributed by atoms with Gasteiger partial charge in [0, 0.05) is 24.5 Å². The molecule has 3 nitrogen and oxygen atoms in total. The Labute approximate surface area is 87.5 Å². The third-order valence-corrected chi connectivity index (χ3v) is 3.12. The second kappa shape index (κ2) is 4.56. The van der Waals surface area contributed by atoms with E-state index >= 15 is 0 Å². The van der Waals surface area contributed by atoms with Crippen LogP contribution in [0.4, 0.5) is 0 Å². The van der Waals surface area contributed by atoms with E-state index in [0.29, 0.717) is 6.61 Å². The first-order chi connectivity index (χ1) is 6.88. The summed E-state index contributed by atoms with van der Waals surface area (Å²) in [5.74, 6) is 0. The molecule has 2 rings (SSSR count). The third-order valence-electron chi connectivity index (χ3n) is 2.25. The van der Waals surface area contributed by atoms with Crippen molar-refractivity contribution >= 4 is 11.3 Å². The normalized spacial score (nSPS) is 23.2. The molecular formula is C10H12N2OS. The summed E-state index contributed by atoms with van der Waals surface area (Å²) < 4.78 is 5.28. The van der Waals surface area contributed by atoms with Crippen molar-refractivity contribution < 1.29 is 4.74 Å². The van der Waals surface area contributed by atoms with E-state index < -0.39 is 0 Å². The molecule has 1 aliphatic rings. The summed E-state index contributed by atoms with van der Waals surface area (Å²) >= 11 is 1.76. The molecule has 1 fully saturated rings. The number of nitriles is 1. The zero-order valence-corrected chi connectivity index (χ0v) is 8.67. The molecule has 1 atom stereocenters. The van der Waals surface area contributed by atoms with E-state index in [-0.39, 0.29) is 6.10 Å². The van der Waals surface area contributed by atoms with Crippen molar-refractivity contribution in [3.8, 4) is 6.07 Å². The monoisotopic (exact) mass is 208 g/mol. The Kier molecular flexibility index (Phi) is 3.14. The molecule has 0 N–H and O–H groups in total. The maximum atomic E-state index is 8.74. The van der Waals surface area contributed by atoms with Crippen LogP contribution < -0.4 is 0 Å². The maximum Gasteiger partial charge on any atom is 0.156 e. The molecule has 74 valence electrons. The van der Waals surface area contributed by atoms with Crippen LogP contribution in [0.15, 0.2) is 17.5 Å². The highest BCUT2D eigenvalue weighted by Gasteiger charge is 2.19. The predicted octanol–water partition coefficient (Wildman–Crippen LogP) is 1.47. The summed E-state index contributed by atoms with van der Waals surface area (Å²) in [7, 11) is 0. The average Bonchev–Trinajstić information content (AvgIpc) is 2.71. The summed E-state index contributed by atoms with van der Waals surface area (Å²) in [6.07, 6.45) is -0.247. The second-order valence-electron chi connectivity index (χ2n) is 3.30. The van der Waals surface area contributed by atoms with E-state index in [2.05, 4.69) is 28.5 Å². The van der Waals surface area contributed by atoms with Gasteiger partial charge in [-0.2, -0.15) is 5.26 Å². The molecule has 14 heavy (non-hydrogen) atoms. The Bertz CT molecular complexity index is 317. The lowest BCUT2D eigenvalue weighted by molar-refractivity contribution is -0.00232. The van der Waals surface area contributed by atoms with Crippen molar-refractivity contribution in [1.82, 2.24) is 4.90 Å². The van der Waals surface area contributed by atoms with Gasteiger partial charge >= 0.3 is 0 Å². The molecular weight excluding hydrogens is 196 g/mol. The minimum absolute atomic E-state index is 0.247. The molecule has 0 saturated carbocycles. The lowest BCUT2D eigenvalue weighted by atomic mass is 10.3. The van der Waals surface area contributed by atoms with E-state index in [4.69, 9.17) is 10.00 Å². The first-order valence-electron chi connectivity index (χ1n) is 4.64. The van der Waals surface area contributed by atoms with Gasteiger partial charge in [-0.25, -0.2) is 0 Å². The molecule has 1 saturated heterocycles. The fourth-order valence-electron chi connectivity index (χ4n) is 1.55. The van der Waals surface area contributed by atoms with Crippen LogP contribution in [0.25, 0.3) is 0 Å². The first kappa shape index (κ1) is 9.66. The van der Waals surface area contributed by atoms with Crippen LogP contribution in [0, 0.1) is 11.3 Å². The molecule has 1 unspecified atom stereocenters. The van der Waals surface area contributed by atoms with Crippen molar-refractivity contribution in [3.63, 3.8) is 0 Å². The summed E-state index contributed by atoms with van der Waals surface area (Å²) in [6.45, 7) is 3.27. The Balaban J connectivity index is 1.90. The summed E-state index contributed by atoms with van der Waals surface area (Å²) in [5.41, 5.74) is 0. The van der Waals surface area contributed by atoms with Gasteiger partial charge in [0.25, 0.3) is 0 Å². The number of hydrogen-bond donors (Lipinski definition) is 0. The number of ether oxygens (including phenoxy) is 1. The SMILES string of the molecule is N#CC1CN(Cc2cccs2)CCO1. The van der Waals surface area contributed by atoms with Crippen LogP contribution in [0.2, 0.25) is 0 Å². The fraction of sp³-hybridized carbons (Fsp3) is 0.500. The van der Waals surface area contributed by atoms with Gasteiger partial charge in [0.1, 0.15) is 0 Å². The van der Waals surface area contributed by atoms with E-state index in [1.807, 2.05) is 0 Å². The zero-order valence-electron chi connectivity index (χ0n) is 7.85. The van der Waals surface area contributed by atoms with Gasteiger partial charge in [0.2, 0.25) is 0 Å². The second-order valence-corrected chi connectivity index (χ2v) is 4.34. The standard InChI is InChI=1S/C10H12N2OS/c11-6-9-7-12(3-4-13-9)8-10-2-1-5-14-10/h1-2,5,9H,3-4,7-8H2. The van der Waals surface area contributed by atoms with Gasteiger partial charge in [-0.15, -0.1) is 11.3 Å². The van der Waals surface area contributed by atoms with Gasteiger partial charge in [-0.3, -0.25) is 4.90 Å². The zero-order chi connectivity index (χ0) is 9.80. The lowest BCUT2D eigenvalue weighted by Gasteiger charge is -2.29. The van der Waals surface area contributed by atoms with Crippen molar-refractivity contribution in [3.05, 3.63) is 22.4 Å². The molecule has 0 aliphatic carbocycles. The lowest BCUT2D eigenvalue weighted by Crippen LogP contribution is -2.41. The maximum absolute atomic E-state index is 8.74. The molecule has 0 amide bonds. The smallest absolute Gasteiger partial charge is 0.156 e. The van der Waals surface area contributed by atoms with E-state index in [9.17, 15) is 0 Å². The van der Waals surface area contributed by atoms with Crippen LogP contribution >= 0.6 is 11.3 Å². The van der Waals surface area contributed by atoms with Crippen LogP contribution in [-0.4, -0.2) is 30.7 Å². The highest BCUT2D eigenvalue weighted by molar-refractivity contribution is 7.09. The molecule has 1 aromatic rings. The third kappa shape index (κ3) is 2.32. The summed E-state index contributed by atoms with van der Waals surface area (Å²) in [4.78, 5) is 3.62. The molecule has 0 spiro atoms. The van der Waals surface area contributed by atoms with E-state index in [1.165, 1.54) is 4.88 Å². The Morgan fingerprint density at radius 3 is 3.36 bits per heavy atom. The highest BCUT2D eigenvalue weighted by atomic mass is 32.1. The van der Waals surface area contributed by atoms with Crippen LogP contribution in [-0.2, 0) is 11.3 Å². The number of hydrogen-bond acceptors (Lipinski definition) is 4.